The van der Waals surface area contributed by atoms with Crippen LogP contribution in [-0.2, 0) is 19.4 Å². The van der Waals surface area contributed by atoms with Gasteiger partial charge in [-0.2, -0.15) is 5.10 Å². The number of benzene rings is 1. The fraction of sp³-hybridized carbons (Fsp3) is 0.333. The molecule has 0 saturated carbocycles. The van der Waals surface area contributed by atoms with E-state index in [4.69, 9.17) is 0 Å². The number of aryl methyl sites for hydroxylation is 2. The normalized spacial score (nSPS) is 10.8. The van der Waals surface area contributed by atoms with E-state index < -0.39 is 0 Å². The Labute approximate surface area is 141 Å². The summed E-state index contributed by atoms with van der Waals surface area (Å²) in [5.74, 6) is 0.126. The third-order valence-electron chi connectivity index (χ3n) is 3.17. The van der Waals surface area contributed by atoms with E-state index in [9.17, 15) is 4.79 Å². The van der Waals surface area contributed by atoms with Gasteiger partial charge in [0.15, 0.2) is 5.78 Å². The van der Waals surface area contributed by atoms with E-state index >= 15 is 0 Å². The molecule has 0 aliphatic heterocycles. The summed E-state index contributed by atoms with van der Waals surface area (Å²) in [5.41, 5.74) is 2.73. The first-order chi connectivity index (χ1) is 9.56. The number of nitrogens with zero attached hydrogens (tertiary/aromatic N) is 2. The van der Waals surface area contributed by atoms with Gasteiger partial charge in [-0.25, -0.2) is 0 Å². The lowest BCUT2D eigenvalue weighted by Crippen LogP contribution is -2.10. The highest BCUT2D eigenvalue weighted by Gasteiger charge is 2.17. The van der Waals surface area contributed by atoms with Crippen molar-refractivity contribution in [3.05, 3.63) is 49.3 Å². The highest BCUT2D eigenvalue weighted by atomic mass is 127. The Morgan fingerprint density at radius 1 is 1.40 bits per heavy atom. The highest BCUT2D eigenvalue weighted by molar-refractivity contribution is 14.1. The molecule has 0 unspecified atom stereocenters. The molecule has 1 aromatic carbocycles. The zero-order chi connectivity index (χ0) is 14.7. The van der Waals surface area contributed by atoms with Gasteiger partial charge < -0.3 is 0 Å². The summed E-state index contributed by atoms with van der Waals surface area (Å²) in [6, 6.07) is 7.69. The summed E-state index contributed by atoms with van der Waals surface area (Å²) in [6.45, 7) is 4.88. The number of ketones is 1. The van der Waals surface area contributed by atoms with E-state index in [-0.39, 0.29) is 5.78 Å². The zero-order valence-electron chi connectivity index (χ0n) is 11.5. The molecule has 0 aliphatic rings. The SMILES string of the molecule is CCc1nn(CC)c(CC(=O)c2cccc(I)c2)c1Br. The van der Waals surface area contributed by atoms with Gasteiger partial charge in [0.25, 0.3) is 0 Å². The predicted octanol–water partition coefficient (Wildman–Crippen LogP) is 4.26. The molecule has 0 fully saturated rings. The van der Waals surface area contributed by atoms with Crippen LogP contribution in [0.25, 0.3) is 0 Å². The monoisotopic (exact) mass is 446 g/mol. The molecule has 0 N–H and O–H groups in total. The maximum atomic E-state index is 12.4. The van der Waals surface area contributed by atoms with Gasteiger partial charge in [0.05, 0.1) is 22.3 Å². The van der Waals surface area contributed by atoms with Crippen LogP contribution in [0.5, 0.6) is 0 Å². The van der Waals surface area contributed by atoms with E-state index in [1.165, 1.54) is 0 Å². The van der Waals surface area contributed by atoms with E-state index in [0.29, 0.717) is 6.42 Å². The molecule has 0 bridgehead atoms. The first kappa shape index (κ1) is 15.7. The second-order valence-electron chi connectivity index (χ2n) is 4.49. The highest BCUT2D eigenvalue weighted by Crippen LogP contribution is 2.24. The van der Waals surface area contributed by atoms with Crippen molar-refractivity contribution in [1.29, 1.82) is 0 Å². The molecule has 2 aromatic rings. The number of carbonyl (C=O) groups excluding carboxylic acids is 1. The van der Waals surface area contributed by atoms with Gasteiger partial charge in [-0.05, 0) is 64.0 Å². The summed E-state index contributed by atoms with van der Waals surface area (Å²) in [7, 11) is 0. The first-order valence-electron chi connectivity index (χ1n) is 6.59. The Bertz CT molecular complexity index is 637. The van der Waals surface area contributed by atoms with Crippen LogP contribution in [-0.4, -0.2) is 15.6 Å². The molecule has 0 saturated heterocycles. The maximum Gasteiger partial charge on any atom is 0.168 e. The summed E-state index contributed by atoms with van der Waals surface area (Å²) in [5, 5.41) is 4.53. The van der Waals surface area contributed by atoms with Crippen LogP contribution in [0.15, 0.2) is 28.7 Å². The Balaban J connectivity index is 2.30. The Hall–Kier alpha value is -0.690. The van der Waals surface area contributed by atoms with Crippen molar-refractivity contribution in [1.82, 2.24) is 9.78 Å². The van der Waals surface area contributed by atoms with Crippen LogP contribution < -0.4 is 0 Å². The second-order valence-corrected chi connectivity index (χ2v) is 6.53. The van der Waals surface area contributed by atoms with Crippen LogP contribution in [0.1, 0.15) is 35.6 Å². The molecule has 0 atom stereocenters. The third-order valence-corrected chi connectivity index (χ3v) is 4.76. The molecular formula is C15H16BrIN2O. The fourth-order valence-electron chi connectivity index (χ4n) is 2.10. The van der Waals surface area contributed by atoms with Crippen LogP contribution in [0.3, 0.4) is 0 Å². The van der Waals surface area contributed by atoms with Crippen LogP contribution in [0.2, 0.25) is 0 Å². The van der Waals surface area contributed by atoms with Crippen molar-refractivity contribution < 1.29 is 4.79 Å². The molecule has 20 heavy (non-hydrogen) atoms. The number of carbonyl (C=O) groups is 1. The van der Waals surface area contributed by atoms with Crippen molar-refractivity contribution in [3.8, 4) is 0 Å². The van der Waals surface area contributed by atoms with Crippen molar-refractivity contribution in [2.75, 3.05) is 0 Å². The topological polar surface area (TPSA) is 34.9 Å². The van der Waals surface area contributed by atoms with E-state index in [1.54, 1.807) is 0 Å². The smallest absolute Gasteiger partial charge is 0.168 e. The summed E-state index contributed by atoms with van der Waals surface area (Å²) < 4.78 is 3.96. The van der Waals surface area contributed by atoms with Gasteiger partial charge >= 0.3 is 0 Å². The van der Waals surface area contributed by atoms with E-state index in [2.05, 4.69) is 50.5 Å². The molecule has 0 amide bonds. The summed E-state index contributed by atoms with van der Waals surface area (Å²) in [6.07, 6.45) is 1.24. The summed E-state index contributed by atoms with van der Waals surface area (Å²) in [4.78, 5) is 12.4. The standard InChI is InChI=1S/C15H16BrIN2O/c1-3-12-15(16)13(19(4-2)18-12)9-14(20)10-6-5-7-11(17)8-10/h5-8H,3-4,9H2,1-2H3. The van der Waals surface area contributed by atoms with Gasteiger partial charge in [0.1, 0.15) is 0 Å². The van der Waals surface area contributed by atoms with Crippen molar-refractivity contribution >= 4 is 44.3 Å². The lowest BCUT2D eigenvalue weighted by molar-refractivity contribution is 0.0990. The fourth-order valence-corrected chi connectivity index (χ4v) is 3.35. The number of Topliss-reactive ketones (excluding diaryl/α,β-unsaturated/α-hetero) is 1. The minimum Gasteiger partial charge on any atom is -0.294 e. The third kappa shape index (κ3) is 3.31. The summed E-state index contributed by atoms with van der Waals surface area (Å²) >= 11 is 5.80. The molecule has 1 heterocycles. The van der Waals surface area contributed by atoms with Gasteiger partial charge in [0.2, 0.25) is 0 Å². The molecule has 0 aliphatic carbocycles. The van der Waals surface area contributed by atoms with Crippen molar-refractivity contribution in [2.45, 2.75) is 33.2 Å². The van der Waals surface area contributed by atoms with Crippen molar-refractivity contribution in [3.63, 3.8) is 0 Å². The van der Waals surface area contributed by atoms with Gasteiger partial charge in [-0.3, -0.25) is 9.48 Å². The molecule has 3 nitrogen and oxygen atoms in total. The Morgan fingerprint density at radius 2 is 2.15 bits per heavy atom. The van der Waals surface area contributed by atoms with E-state index in [0.717, 1.165) is 38.0 Å². The molecule has 0 radical (unpaired) electrons. The first-order valence-corrected chi connectivity index (χ1v) is 8.46. The zero-order valence-corrected chi connectivity index (χ0v) is 15.2. The molecule has 0 spiro atoms. The van der Waals surface area contributed by atoms with Gasteiger partial charge in [0, 0.05) is 15.7 Å². The minimum absolute atomic E-state index is 0.126. The van der Waals surface area contributed by atoms with Crippen LogP contribution >= 0.6 is 38.5 Å². The molecule has 106 valence electrons. The molecule has 1 aromatic heterocycles. The Kier molecular flexibility index (Phi) is 5.37. The second kappa shape index (κ2) is 6.85. The average molecular weight is 447 g/mol. The van der Waals surface area contributed by atoms with Crippen LogP contribution in [0.4, 0.5) is 0 Å². The molecule has 2 rings (SSSR count). The number of aromatic nitrogens is 2. The lowest BCUT2D eigenvalue weighted by atomic mass is 10.1. The van der Waals surface area contributed by atoms with Crippen molar-refractivity contribution in [2.24, 2.45) is 0 Å². The number of hydrogen-bond donors (Lipinski definition) is 0. The van der Waals surface area contributed by atoms with Gasteiger partial charge in [-0.1, -0.05) is 19.1 Å². The number of hydrogen-bond acceptors (Lipinski definition) is 2. The Morgan fingerprint density at radius 3 is 2.75 bits per heavy atom. The largest absolute Gasteiger partial charge is 0.294 e. The lowest BCUT2D eigenvalue weighted by Gasteiger charge is -2.05. The number of rotatable bonds is 5. The maximum absolute atomic E-state index is 12.4. The molecule has 5 heteroatoms. The molecular weight excluding hydrogens is 431 g/mol. The van der Waals surface area contributed by atoms with E-state index in [1.807, 2.05) is 35.9 Å². The number of halogens is 2. The quantitative estimate of drug-likeness (QED) is 0.508. The predicted molar refractivity (Wildman–Crippen MR) is 92.2 cm³/mol. The average Bonchev–Trinajstić information content (AvgIpc) is 2.75. The minimum atomic E-state index is 0.126. The van der Waals surface area contributed by atoms with Crippen LogP contribution in [0, 0.1) is 3.57 Å². The van der Waals surface area contributed by atoms with Gasteiger partial charge in [-0.15, -0.1) is 0 Å².